The van der Waals surface area contributed by atoms with Gasteiger partial charge in [-0.25, -0.2) is 9.97 Å². The van der Waals surface area contributed by atoms with Crippen LogP contribution in [0.15, 0.2) is 28.0 Å². The molecule has 1 aliphatic heterocycles. The third-order valence-electron chi connectivity index (χ3n) is 5.96. The zero-order valence-corrected chi connectivity index (χ0v) is 18.0. The average molecular weight is 474 g/mol. The van der Waals surface area contributed by atoms with Crippen LogP contribution in [-0.2, 0) is 11.2 Å². The molecule has 0 bridgehead atoms. The van der Waals surface area contributed by atoms with Crippen LogP contribution in [0.25, 0.3) is 16.8 Å². The molecular weight excluding hydrogens is 454 g/mol. The van der Waals surface area contributed by atoms with Gasteiger partial charge in [0.05, 0.1) is 27.3 Å². The lowest BCUT2D eigenvalue weighted by Gasteiger charge is -2.26. The summed E-state index contributed by atoms with van der Waals surface area (Å²) in [7, 11) is 0. The third-order valence-corrected chi connectivity index (χ3v) is 7.82. The monoisotopic (exact) mass is 473 g/mol. The Morgan fingerprint density at radius 1 is 1.28 bits per heavy atom. The van der Waals surface area contributed by atoms with Gasteiger partial charge in [-0.1, -0.05) is 0 Å². The number of rotatable bonds is 3. The molecule has 0 saturated heterocycles. The first-order valence-electron chi connectivity index (χ1n) is 9.70. The standard InChI is InChI=1S/C20H20BrN5O2S/c21-15-16(10-1-3-11(4-2-10)20(27)28)25-18-14(9-24-26(18)17(15)22)13-7-12-5-6-29-19(12)23-8-13/h7-11H,1-6,22H2,(H,27,28). The number of aryl methyl sites for hydroxylation is 1. The number of aliphatic carboxylic acids is 1. The number of aromatic nitrogens is 4. The molecule has 2 aliphatic rings. The summed E-state index contributed by atoms with van der Waals surface area (Å²) in [6, 6.07) is 2.18. The number of nitrogens with zero attached hydrogens (tertiary/aromatic N) is 4. The predicted octanol–water partition coefficient (Wildman–Crippen LogP) is 4.14. The molecule has 1 fully saturated rings. The van der Waals surface area contributed by atoms with Gasteiger partial charge in [-0.3, -0.25) is 4.79 Å². The molecule has 7 nitrogen and oxygen atoms in total. The summed E-state index contributed by atoms with van der Waals surface area (Å²) in [4.78, 5) is 20.8. The summed E-state index contributed by atoms with van der Waals surface area (Å²) < 4.78 is 2.41. The Labute approximate surface area is 180 Å². The highest BCUT2D eigenvalue weighted by atomic mass is 79.9. The summed E-state index contributed by atoms with van der Waals surface area (Å²) in [5.74, 6) is 0.811. The molecule has 0 unspecified atom stereocenters. The van der Waals surface area contributed by atoms with Gasteiger partial charge >= 0.3 is 5.97 Å². The van der Waals surface area contributed by atoms with Crippen molar-refractivity contribution < 1.29 is 9.90 Å². The van der Waals surface area contributed by atoms with Crippen molar-refractivity contribution in [2.24, 2.45) is 5.92 Å². The first-order valence-corrected chi connectivity index (χ1v) is 11.5. The number of fused-ring (bicyclic) bond motifs is 2. The fraction of sp³-hybridized carbons (Fsp3) is 0.400. The van der Waals surface area contributed by atoms with E-state index in [-0.39, 0.29) is 11.8 Å². The van der Waals surface area contributed by atoms with Gasteiger partial charge in [0.15, 0.2) is 5.65 Å². The Hall–Kier alpha value is -2.13. The number of hydrogen-bond acceptors (Lipinski definition) is 6. The number of carbonyl (C=O) groups is 1. The number of hydrogen-bond donors (Lipinski definition) is 2. The summed E-state index contributed by atoms with van der Waals surface area (Å²) in [6.07, 6.45) is 7.61. The molecule has 3 aromatic heterocycles. The van der Waals surface area contributed by atoms with Crippen molar-refractivity contribution in [2.75, 3.05) is 11.5 Å². The minimum Gasteiger partial charge on any atom is -0.481 e. The zero-order chi connectivity index (χ0) is 20.1. The summed E-state index contributed by atoms with van der Waals surface area (Å²) in [5.41, 5.74) is 11.2. The van der Waals surface area contributed by atoms with Gasteiger partial charge < -0.3 is 10.8 Å². The highest BCUT2D eigenvalue weighted by Crippen LogP contribution is 2.41. The van der Waals surface area contributed by atoms with Gasteiger partial charge in [0, 0.05) is 29.0 Å². The van der Waals surface area contributed by atoms with Crippen LogP contribution in [-0.4, -0.2) is 36.4 Å². The second-order valence-corrected chi connectivity index (χ2v) is 9.54. The Morgan fingerprint density at radius 2 is 2.07 bits per heavy atom. The van der Waals surface area contributed by atoms with Crippen LogP contribution in [0.3, 0.4) is 0 Å². The summed E-state index contributed by atoms with van der Waals surface area (Å²) in [6.45, 7) is 0. The number of carboxylic acids is 1. The predicted molar refractivity (Wildman–Crippen MR) is 115 cm³/mol. The van der Waals surface area contributed by atoms with Crippen LogP contribution in [0.1, 0.15) is 42.9 Å². The van der Waals surface area contributed by atoms with E-state index in [1.807, 2.05) is 6.20 Å². The summed E-state index contributed by atoms with van der Waals surface area (Å²) >= 11 is 5.40. The van der Waals surface area contributed by atoms with Crippen molar-refractivity contribution in [3.8, 4) is 11.1 Å². The highest BCUT2D eigenvalue weighted by molar-refractivity contribution is 9.10. The average Bonchev–Trinajstić information content (AvgIpc) is 3.37. The van der Waals surface area contributed by atoms with Crippen LogP contribution in [0.4, 0.5) is 5.82 Å². The lowest BCUT2D eigenvalue weighted by Crippen LogP contribution is -2.21. The van der Waals surface area contributed by atoms with Crippen molar-refractivity contribution >= 4 is 45.1 Å². The number of carboxylic acid groups (broad SMARTS) is 1. The molecule has 3 aromatic rings. The number of halogens is 1. The number of nitrogens with two attached hydrogens (primary N) is 1. The highest BCUT2D eigenvalue weighted by Gasteiger charge is 2.30. The van der Waals surface area contributed by atoms with Gasteiger partial charge in [0.1, 0.15) is 5.82 Å². The molecule has 150 valence electrons. The molecule has 0 aromatic carbocycles. The molecule has 4 heterocycles. The molecule has 0 atom stereocenters. The van der Waals surface area contributed by atoms with Gasteiger partial charge in [-0.2, -0.15) is 9.61 Å². The van der Waals surface area contributed by atoms with Crippen LogP contribution in [0.5, 0.6) is 0 Å². The van der Waals surface area contributed by atoms with E-state index in [0.717, 1.165) is 51.3 Å². The largest absolute Gasteiger partial charge is 0.481 e. The van der Waals surface area contributed by atoms with Crippen LogP contribution >= 0.6 is 27.7 Å². The molecule has 0 amide bonds. The summed E-state index contributed by atoms with van der Waals surface area (Å²) in [5, 5.41) is 14.8. The number of thioether (sulfide) groups is 1. The van der Waals surface area contributed by atoms with E-state index < -0.39 is 5.97 Å². The number of pyridine rings is 1. The first kappa shape index (κ1) is 18.9. The van der Waals surface area contributed by atoms with Gasteiger partial charge in [0.25, 0.3) is 0 Å². The molecule has 5 rings (SSSR count). The lowest BCUT2D eigenvalue weighted by atomic mass is 9.80. The molecule has 0 radical (unpaired) electrons. The molecule has 29 heavy (non-hydrogen) atoms. The molecule has 1 aliphatic carbocycles. The lowest BCUT2D eigenvalue weighted by molar-refractivity contribution is -0.142. The quantitative estimate of drug-likeness (QED) is 0.588. The smallest absolute Gasteiger partial charge is 0.306 e. The maximum atomic E-state index is 11.3. The molecule has 9 heteroatoms. The van der Waals surface area contributed by atoms with E-state index in [4.69, 9.17) is 10.7 Å². The molecule has 1 saturated carbocycles. The first-order chi connectivity index (χ1) is 14.0. The maximum absolute atomic E-state index is 11.3. The van der Waals surface area contributed by atoms with Crippen LogP contribution in [0.2, 0.25) is 0 Å². The van der Waals surface area contributed by atoms with E-state index in [2.05, 4.69) is 32.1 Å². The Kier molecular flexibility index (Phi) is 4.74. The third kappa shape index (κ3) is 3.20. The van der Waals surface area contributed by atoms with Crippen molar-refractivity contribution in [3.63, 3.8) is 0 Å². The van der Waals surface area contributed by atoms with Crippen molar-refractivity contribution in [3.05, 3.63) is 34.2 Å². The minimum atomic E-state index is -0.703. The Morgan fingerprint density at radius 3 is 2.83 bits per heavy atom. The molecular formula is C20H20BrN5O2S. The SMILES string of the molecule is Nc1c(Br)c(C2CCC(C(=O)O)CC2)nc2c(-c3cnc4c(c3)CCS4)cnn12. The van der Waals surface area contributed by atoms with E-state index >= 15 is 0 Å². The van der Waals surface area contributed by atoms with Crippen molar-refractivity contribution in [1.29, 1.82) is 0 Å². The second-order valence-electron chi connectivity index (χ2n) is 7.66. The van der Waals surface area contributed by atoms with E-state index in [0.29, 0.717) is 24.3 Å². The zero-order valence-electron chi connectivity index (χ0n) is 15.6. The Bertz CT molecular complexity index is 1120. The fourth-order valence-electron chi connectivity index (χ4n) is 4.31. The number of nitrogen functional groups attached to an aromatic ring is 1. The van der Waals surface area contributed by atoms with Gasteiger partial charge in [-0.15, -0.1) is 11.8 Å². The topological polar surface area (TPSA) is 106 Å². The van der Waals surface area contributed by atoms with E-state index in [1.165, 1.54) is 5.56 Å². The second kappa shape index (κ2) is 7.28. The molecule has 0 spiro atoms. The van der Waals surface area contributed by atoms with E-state index in [9.17, 15) is 9.90 Å². The van der Waals surface area contributed by atoms with Crippen molar-refractivity contribution in [1.82, 2.24) is 19.6 Å². The Balaban J connectivity index is 1.56. The number of anilines is 1. The van der Waals surface area contributed by atoms with Crippen LogP contribution in [0, 0.1) is 5.92 Å². The van der Waals surface area contributed by atoms with Crippen LogP contribution < -0.4 is 5.73 Å². The van der Waals surface area contributed by atoms with Gasteiger partial charge in [0.2, 0.25) is 0 Å². The van der Waals surface area contributed by atoms with E-state index in [1.54, 1.807) is 22.5 Å². The normalized spacial score (nSPS) is 21.4. The molecule has 3 N–H and O–H groups in total. The van der Waals surface area contributed by atoms with Gasteiger partial charge in [-0.05, 0) is 59.7 Å². The van der Waals surface area contributed by atoms with Crippen molar-refractivity contribution in [2.45, 2.75) is 43.0 Å². The fourth-order valence-corrected chi connectivity index (χ4v) is 5.88. The minimum absolute atomic E-state index is 0.185. The maximum Gasteiger partial charge on any atom is 0.306 e.